The summed E-state index contributed by atoms with van der Waals surface area (Å²) in [6.45, 7) is 5.92. The maximum atomic E-state index is 13.5. The SMILES string of the molecule is CCC(C)(CN)NC(=O)c1cc(C)ccc1F. The Balaban J connectivity index is 2.94. The van der Waals surface area contributed by atoms with E-state index in [1.54, 1.807) is 6.07 Å². The molecule has 1 rings (SSSR count). The van der Waals surface area contributed by atoms with Crippen molar-refractivity contribution in [3.05, 3.63) is 35.1 Å². The molecule has 1 unspecified atom stereocenters. The van der Waals surface area contributed by atoms with Gasteiger partial charge in [-0.15, -0.1) is 0 Å². The molecule has 0 radical (unpaired) electrons. The number of halogens is 1. The van der Waals surface area contributed by atoms with E-state index < -0.39 is 17.3 Å². The lowest BCUT2D eigenvalue weighted by Crippen LogP contribution is -2.51. The normalized spacial score (nSPS) is 14.2. The molecule has 0 fully saturated rings. The van der Waals surface area contributed by atoms with Crippen molar-refractivity contribution in [1.29, 1.82) is 0 Å². The minimum absolute atomic E-state index is 0.0677. The van der Waals surface area contributed by atoms with Crippen molar-refractivity contribution in [3.63, 3.8) is 0 Å². The summed E-state index contributed by atoms with van der Waals surface area (Å²) in [5, 5.41) is 2.77. The van der Waals surface area contributed by atoms with Crippen LogP contribution < -0.4 is 11.1 Å². The summed E-state index contributed by atoms with van der Waals surface area (Å²) in [5.74, 6) is -0.926. The molecule has 0 aliphatic heterocycles. The summed E-state index contributed by atoms with van der Waals surface area (Å²) >= 11 is 0. The van der Waals surface area contributed by atoms with Crippen molar-refractivity contribution >= 4 is 5.91 Å². The average Bonchev–Trinajstić information content (AvgIpc) is 2.32. The number of hydrogen-bond acceptors (Lipinski definition) is 2. The molecule has 3 N–H and O–H groups in total. The maximum absolute atomic E-state index is 13.5. The van der Waals surface area contributed by atoms with Gasteiger partial charge < -0.3 is 11.1 Å². The standard InChI is InChI=1S/C13H19FN2O/c1-4-13(3,8-15)16-12(17)10-7-9(2)5-6-11(10)14/h5-7H,4,8,15H2,1-3H3,(H,16,17). The number of nitrogens with two attached hydrogens (primary N) is 1. The molecule has 94 valence electrons. The zero-order valence-electron chi connectivity index (χ0n) is 10.5. The number of amides is 1. The Morgan fingerprint density at radius 1 is 1.53 bits per heavy atom. The number of hydrogen-bond donors (Lipinski definition) is 2. The Morgan fingerprint density at radius 2 is 2.18 bits per heavy atom. The van der Waals surface area contributed by atoms with E-state index in [2.05, 4.69) is 5.32 Å². The lowest BCUT2D eigenvalue weighted by molar-refractivity contribution is 0.0902. The van der Waals surface area contributed by atoms with E-state index in [-0.39, 0.29) is 5.56 Å². The van der Waals surface area contributed by atoms with Crippen LogP contribution in [0.3, 0.4) is 0 Å². The minimum atomic E-state index is -0.511. The van der Waals surface area contributed by atoms with Gasteiger partial charge in [-0.3, -0.25) is 4.79 Å². The largest absolute Gasteiger partial charge is 0.346 e. The van der Waals surface area contributed by atoms with Gasteiger partial charge in [0.2, 0.25) is 0 Å². The smallest absolute Gasteiger partial charge is 0.254 e. The first-order valence-electron chi connectivity index (χ1n) is 5.70. The monoisotopic (exact) mass is 238 g/mol. The van der Waals surface area contributed by atoms with Gasteiger partial charge in [0, 0.05) is 12.1 Å². The molecule has 0 aliphatic rings. The van der Waals surface area contributed by atoms with Crippen molar-refractivity contribution in [1.82, 2.24) is 5.32 Å². The number of carbonyl (C=O) groups excluding carboxylic acids is 1. The number of carbonyl (C=O) groups is 1. The highest BCUT2D eigenvalue weighted by Gasteiger charge is 2.24. The van der Waals surface area contributed by atoms with E-state index in [0.717, 1.165) is 5.56 Å². The van der Waals surface area contributed by atoms with E-state index in [9.17, 15) is 9.18 Å². The third kappa shape index (κ3) is 3.27. The summed E-state index contributed by atoms with van der Waals surface area (Å²) in [6, 6.07) is 4.47. The first kappa shape index (κ1) is 13.6. The second kappa shape index (κ2) is 5.27. The Hall–Kier alpha value is -1.42. The van der Waals surface area contributed by atoms with Crippen molar-refractivity contribution in [2.24, 2.45) is 5.73 Å². The minimum Gasteiger partial charge on any atom is -0.346 e. The molecule has 0 heterocycles. The van der Waals surface area contributed by atoms with E-state index in [1.165, 1.54) is 12.1 Å². The van der Waals surface area contributed by atoms with Gasteiger partial charge in [0.05, 0.1) is 5.56 Å². The summed E-state index contributed by atoms with van der Waals surface area (Å²) in [4.78, 5) is 11.9. The summed E-state index contributed by atoms with van der Waals surface area (Å²) in [7, 11) is 0. The average molecular weight is 238 g/mol. The van der Waals surface area contributed by atoms with E-state index in [4.69, 9.17) is 5.73 Å². The number of aryl methyl sites for hydroxylation is 1. The summed E-state index contributed by atoms with van der Waals surface area (Å²) in [6.07, 6.45) is 0.697. The van der Waals surface area contributed by atoms with E-state index >= 15 is 0 Å². The molecule has 4 heteroatoms. The highest BCUT2D eigenvalue weighted by molar-refractivity contribution is 5.95. The lowest BCUT2D eigenvalue weighted by Gasteiger charge is -2.28. The summed E-state index contributed by atoms with van der Waals surface area (Å²) in [5.41, 5.74) is 6.03. The van der Waals surface area contributed by atoms with Crippen molar-refractivity contribution in [3.8, 4) is 0 Å². The maximum Gasteiger partial charge on any atom is 0.254 e. The molecular formula is C13H19FN2O. The van der Waals surface area contributed by atoms with Gasteiger partial charge >= 0.3 is 0 Å². The lowest BCUT2D eigenvalue weighted by atomic mass is 9.98. The Labute approximate surface area is 101 Å². The predicted octanol–water partition coefficient (Wildman–Crippen LogP) is 1.99. The van der Waals surface area contributed by atoms with Crippen LogP contribution in [0.2, 0.25) is 0 Å². The number of nitrogens with one attached hydrogen (secondary N) is 1. The molecule has 1 aromatic rings. The fourth-order valence-electron chi connectivity index (χ4n) is 1.44. The first-order chi connectivity index (χ1) is 7.91. The Bertz CT molecular complexity index is 414. The number of benzene rings is 1. The molecule has 17 heavy (non-hydrogen) atoms. The van der Waals surface area contributed by atoms with Crippen LogP contribution >= 0.6 is 0 Å². The molecule has 0 aliphatic carbocycles. The Morgan fingerprint density at radius 3 is 2.71 bits per heavy atom. The molecule has 1 atom stereocenters. The van der Waals surface area contributed by atoms with Crippen molar-refractivity contribution < 1.29 is 9.18 Å². The second-order valence-corrected chi connectivity index (χ2v) is 4.56. The van der Waals surface area contributed by atoms with Gasteiger partial charge in [0.1, 0.15) is 5.82 Å². The highest BCUT2D eigenvalue weighted by Crippen LogP contribution is 2.13. The molecule has 0 saturated heterocycles. The van der Waals surface area contributed by atoms with Gasteiger partial charge in [-0.1, -0.05) is 18.6 Å². The van der Waals surface area contributed by atoms with Crippen LogP contribution in [0.15, 0.2) is 18.2 Å². The van der Waals surface area contributed by atoms with Gasteiger partial charge in [0.25, 0.3) is 5.91 Å². The van der Waals surface area contributed by atoms with Crippen LogP contribution in [0, 0.1) is 12.7 Å². The fraction of sp³-hybridized carbons (Fsp3) is 0.462. The van der Waals surface area contributed by atoms with Gasteiger partial charge in [0.15, 0.2) is 0 Å². The van der Waals surface area contributed by atoms with Gasteiger partial charge in [-0.25, -0.2) is 4.39 Å². The first-order valence-corrected chi connectivity index (χ1v) is 5.70. The topological polar surface area (TPSA) is 55.1 Å². The van der Waals surface area contributed by atoms with Crippen LogP contribution in [0.4, 0.5) is 4.39 Å². The highest BCUT2D eigenvalue weighted by atomic mass is 19.1. The molecule has 3 nitrogen and oxygen atoms in total. The number of rotatable bonds is 4. The quantitative estimate of drug-likeness (QED) is 0.842. The van der Waals surface area contributed by atoms with Crippen molar-refractivity contribution in [2.45, 2.75) is 32.7 Å². The van der Waals surface area contributed by atoms with Crippen molar-refractivity contribution in [2.75, 3.05) is 6.54 Å². The molecule has 1 amide bonds. The van der Waals surface area contributed by atoms with E-state index in [0.29, 0.717) is 13.0 Å². The Kier molecular flexibility index (Phi) is 4.23. The molecule has 0 bridgehead atoms. The second-order valence-electron chi connectivity index (χ2n) is 4.56. The molecule has 0 aromatic heterocycles. The zero-order chi connectivity index (χ0) is 13.1. The van der Waals surface area contributed by atoms with Crippen LogP contribution in [0.25, 0.3) is 0 Å². The van der Waals surface area contributed by atoms with Gasteiger partial charge in [-0.2, -0.15) is 0 Å². The third-order valence-electron chi connectivity index (χ3n) is 3.01. The summed E-state index contributed by atoms with van der Waals surface area (Å²) < 4.78 is 13.5. The van der Waals surface area contributed by atoms with E-state index in [1.807, 2.05) is 20.8 Å². The predicted molar refractivity (Wildman–Crippen MR) is 66.4 cm³/mol. The van der Waals surface area contributed by atoms with Crippen LogP contribution in [-0.2, 0) is 0 Å². The van der Waals surface area contributed by atoms with Crippen LogP contribution in [0.1, 0.15) is 36.2 Å². The molecule has 0 spiro atoms. The molecule has 0 saturated carbocycles. The fourth-order valence-corrected chi connectivity index (χ4v) is 1.44. The zero-order valence-corrected chi connectivity index (χ0v) is 10.5. The van der Waals surface area contributed by atoms with Gasteiger partial charge in [-0.05, 0) is 32.4 Å². The molecular weight excluding hydrogens is 219 g/mol. The third-order valence-corrected chi connectivity index (χ3v) is 3.01. The van der Waals surface area contributed by atoms with Crippen LogP contribution in [-0.4, -0.2) is 18.0 Å². The molecule has 1 aromatic carbocycles. The van der Waals surface area contributed by atoms with Crippen LogP contribution in [0.5, 0.6) is 0 Å².